The molecule has 1 fully saturated rings. The molecule has 13 heteroatoms. The van der Waals surface area contributed by atoms with Gasteiger partial charge < -0.3 is 21.5 Å². The largest absolute Gasteiger partial charge is 0.453 e. The zero-order valence-corrected chi connectivity index (χ0v) is 21.3. The van der Waals surface area contributed by atoms with Gasteiger partial charge in [-0.15, -0.1) is 0 Å². The first-order valence-corrected chi connectivity index (χ1v) is 12.1. The van der Waals surface area contributed by atoms with Crippen LogP contribution < -0.4 is 21.5 Å². The lowest BCUT2D eigenvalue weighted by molar-refractivity contribution is -0.137. The minimum absolute atomic E-state index is 0.0110. The maximum absolute atomic E-state index is 14.0. The highest BCUT2D eigenvalue weighted by atomic mass is 35.5. The van der Waals surface area contributed by atoms with Gasteiger partial charge in [-0.25, -0.2) is 8.78 Å². The molecule has 4 aromatic rings. The first-order valence-electron chi connectivity index (χ1n) is 11.7. The van der Waals surface area contributed by atoms with E-state index in [4.69, 9.17) is 27.8 Å². The molecular formula is C27H19ClF5N5O2. The van der Waals surface area contributed by atoms with Crippen LogP contribution >= 0.6 is 11.6 Å². The molecule has 1 amide bonds. The highest BCUT2D eigenvalue weighted by Gasteiger charge is 2.36. The minimum atomic E-state index is -4.90. The molecule has 0 bridgehead atoms. The number of aromatic nitrogens is 2. The number of carbonyl (C=O) groups excluding carboxylic acids is 1. The summed E-state index contributed by atoms with van der Waals surface area (Å²) < 4.78 is 75.2. The van der Waals surface area contributed by atoms with Crippen molar-refractivity contribution in [2.75, 3.05) is 11.1 Å². The molecule has 7 nitrogen and oxygen atoms in total. The van der Waals surface area contributed by atoms with E-state index in [-0.39, 0.29) is 39.5 Å². The lowest BCUT2D eigenvalue weighted by Gasteiger charge is -2.17. The molecule has 206 valence electrons. The van der Waals surface area contributed by atoms with E-state index in [1.807, 2.05) is 0 Å². The molecule has 0 saturated heterocycles. The SMILES string of the molecule is Cn1nc(N)c2c(Oc3cc(F)ccc3Cl)c(NC(=O)c3cc(F)cc(C(F)(F)F)c3)cc(C#CC3(N)CC3)c21. The lowest BCUT2D eigenvalue weighted by atomic mass is 10.1. The van der Waals surface area contributed by atoms with Crippen LogP contribution in [-0.2, 0) is 13.2 Å². The lowest BCUT2D eigenvalue weighted by Crippen LogP contribution is -2.18. The van der Waals surface area contributed by atoms with Crippen LogP contribution in [0.4, 0.5) is 33.5 Å². The molecule has 1 aromatic heterocycles. The van der Waals surface area contributed by atoms with Crippen molar-refractivity contribution in [3.8, 4) is 23.3 Å². The van der Waals surface area contributed by atoms with E-state index in [9.17, 15) is 26.7 Å². The van der Waals surface area contributed by atoms with Gasteiger partial charge in [0.1, 0.15) is 17.4 Å². The molecule has 5 rings (SSSR count). The van der Waals surface area contributed by atoms with Crippen LogP contribution in [0.5, 0.6) is 11.5 Å². The van der Waals surface area contributed by atoms with Crippen LogP contribution in [0.3, 0.4) is 0 Å². The number of anilines is 2. The van der Waals surface area contributed by atoms with Crippen LogP contribution in [-0.4, -0.2) is 21.2 Å². The maximum atomic E-state index is 14.0. The summed E-state index contributed by atoms with van der Waals surface area (Å²) in [6.45, 7) is 0. The van der Waals surface area contributed by atoms with E-state index in [1.54, 1.807) is 7.05 Å². The third-order valence-electron chi connectivity index (χ3n) is 6.17. The van der Waals surface area contributed by atoms with Crippen LogP contribution in [0.15, 0.2) is 42.5 Å². The summed E-state index contributed by atoms with van der Waals surface area (Å²) in [6.07, 6.45) is -3.53. The molecule has 0 aliphatic heterocycles. The van der Waals surface area contributed by atoms with Crippen LogP contribution in [0.1, 0.15) is 34.3 Å². The number of aryl methyl sites for hydroxylation is 1. The number of alkyl halides is 3. The number of nitrogens with zero attached hydrogens (tertiary/aromatic N) is 2. The summed E-state index contributed by atoms with van der Waals surface area (Å²) in [4.78, 5) is 13.1. The van der Waals surface area contributed by atoms with Crippen molar-refractivity contribution in [1.29, 1.82) is 0 Å². The molecular weight excluding hydrogens is 557 g/mol. The molecule has 1 heterocycles. The van der Waals surface area contributed by atoms with Gasteiger partial charge in [-0.05, 0) is 49.2 Å². The summed E-state index contributed by atoms with van der Waals surface area (Å²) in [5.74, 6) is 2.51. The Hall–Kier alpha value is -4.34. The van der Waals surface area contributed by atoms with Crippen molar-refractivity contribution in [2.45, 2.75) is 24.6 Å². The van der Waals surface area contributed by atoms with Crippen molar-refractivity contribution in [3.63, 3.8) is 0 Å². The van der Waals surface area contributed by atoms with Gasteiger partial charge >= 0.3 is 6.18 Å². The fourth-order valence-electron chi connectivity index (χ4n) is 3.98. The topological polar surface area (TPSA) is 108 Å². The number of ether oxygens (including phenoxy) is 1. The number of benzene rings is 3. The van der Waals surface area contributed by atoms with Gasteiger partial charge in [0, 0.05) is 18.7 Å². The number of carbonyl (C=O) groups is 1. The van der Waals surface area contributed by atoms with E-state index >= 15 is 0 Å². The van der Waals surface area contributed by atoms with Gasteiger partial charge in [-0.3, -0.25) is 9.48 Å². The number of amides is 1. The third-order valence-corrected chi connectivity index (χ3v) is 6.48. The van der Waals surface area contributed by atoms with E-state index in [0.717, 1.165) is 12.1 Å². The number of nitrogens with one attached hydrogen (secondary N) is 1. The average Bonchev–Trinajstić information content (AvgIpc) is 3.53. The van der Waals surface area contributed by atoms with Crippen LogP contribution in [0.2, 0.25) is 5.02 Å². The number of rotatable bonds is 4. The fraction of sp³-hybridized carbons (Fsp3) is 0.185. The molecule has 1 aliphatic rings. The first-order chi connectivity index (χ1) is 18.7. The number of hydrogen-bond donors (Lipinski definition) is 3. The second kappa shape index (κ2) is 9.69. The molecule has 1 saturated carbocycles. The number of halogens is 6. The highest BCUT2D eigenvalue weighted by molar-refractivity contribution is 6.32. The Balaban J connectivity index is 1.69. The van der Waals surface area contributed by atoms with Crippen molar-refractivity contribution < 1.29 is 31.5 Å². The zero-order valence-electron chi connectivity index (χ0n) is 20.6. The van der Waals surface area contributed by atoms with Crippen molar-refractivity contribution in [3.05, 3.63) is 75.8 Å². The van der Waals surface area contributed by atoms with Gasteiger partial charge in [0.2, 0.25) is 0 Å². The van der Waals surface area contributed by atoms with Gasteiger partial charge in [-0.1, -0.05) is 23.4 Å². The van der Waals surface area contributed by atoms with Gasteiger partial charge in [-0.2, -0.15) is 18.3 Å². The predicted molar refractivity (Wildman–Crippen MR) is 139 cm³/mol. The average molecular weight is 576 g/mol. The van der Waals surface area contributed by atoms with Crippen molar-refractivity contribution >= 4 is 39.9 Å². The third kappa shape index (κ3) is 5.38. The van der Waals surface area contributed by atoms with Crippen LogP contribution in [0.25, 0.3) is 10.9 Å². The van der Waals surface area contributed by atoms with E-state index < -0.39 is 40.4 Å². The molecule has 0 unspecified atom stereocenters. The fourth-order valence-corrected chi connectivity index (χ4v) is 4.14. The normalized spacial score (nSPS) is 14.0. The minimum Gasteiger partial charge on any atom is -0.453 e. The quantitative estimate of drug-likeness (QED) is 0.205. The highest BCUT2D eigenvalue weighted by Crippen LogP contribution is 2.44. The van der Waals surface area contributed by atoms with Crippen molar-refractivity contribution in [2.24, 2.45) is 12.8 Å². The zero-order chi connectivity index (χ0) is 29.0. The molecule has 1 aliphatic carbocycles. The van der Waals surface area contributed by atoms with Crippen molar-refractivity contribution in [1.82, 2.24) is 9.78 Å². The smallest absolute Gasteiger partial charge is 0.416 e. The molecule has 40 heavy (non-hydrogen) atoms. The Bertz CT molecular complexity index is 1750. The van der Waals surface area contributed by atoms with Crippen LogP contribution in [0, 0.1) is 23.5 Å². The summed E-state index contributed by atoms with van der Waals surface area (Å²) >= 11 is 6.20. The van der Waals surface area contributed by atoms with E-state index in [0.29, 0.717) is 36.1 Å². The van der Waals surface area contributed by atoms with Gasteiger partial charge in [0.05, 0.1) is 38.3 Å². The number of hydrogen-bond acceptors (Lipinski definition) is 5. The monoisotopic (exact) mass is 575 g/mol. The maximum Gasteiger partial charge on any atom is 0.416 e. The molecule has 0 atom stereocenters. The summed E-state index contributed by atoms with van der Waals surface area (Å²) in [5, 5.41) is 6.81. The standard InChI is InChI=1S/C27H19ClF5N5O2/c1-38-22-13(4-5-26(35)6-7-26)10-19(36-25(39)14-8-15(27(31,32)33)11-17(30)9-14)23(21(22)24(34)37-38)40-20-12-16(29)2-3-18(20)28/h2-3,8-12H,6-7,35H2,1H3,(H2,34,37)(H,36,39). The Morgan fingerprint density at radius 3 is 2.55 bits per heavy atom. The Kier molecular flexibility index (Phi) is 6.60. The first kappa shape index (κ1) is 27.2. The molecule has 0 radical (unpaired) electrons. The Morgan fingerprint density at radius 1 is 1.15 bits per heavy atom. The predicted octanol–water partition coefficient (Wildman–Crippen LogP) is 5.99. The number of nitrogen functional groups attached to an aromatic ring is 1. The summed E-state index contributed by atoms with van der Waals surface area (Å²) in [7, 11) is 1.59. The summed E-state index contributed by atoms with van der Waals surface area (Å²) in [6, 6.07) is 6.15. The number of fused-ring (bicyclic) bond motifs is 1. The molecule has 5 N–H and O–H groups in total. The second-order valence-corrected chi connectivity index (χ2v) is 9.70. The van der Waals surface area contributed by atoms with Gasteiger partial charge in [0.25, 0.3) is 5.91 Å². The Morgan fingerprint density at radius 2 is 1.88 bits per heavy atom. The molecule has 3 aromatic carbocycles. The molecule has 0 spiro atoms. The second-order valence-electron chi connectivity index (χ2n) is 9.30. The van der Waals surface area contributed by atoms with E-state index in [1.165, 1.54) is 16.8 Å². The Labute approximate surface area is 228 Å². The van der Waals surface area contributed by atoms with E-state index in [2.05, 4.69) is 22.3 Å². The number of nitrogens with two attached hydrogens (primary N) is 2. The summed E-state index contributed by atoms with van der Waals surface area (Å²) in [5.41, 5.74) is 10.2. The van der Waals surface area contributed by atoms with Gasteiger partial charge in [0.15, 0.2) is 11.6 Å².